The third-order valence-corrected chi connectivity index (χ3v) is 3.49. The van der Waals surface area contributed by atoms with E-state index in [1.165, 1.54) is 5.56 Å². The molecule has 2 rings (SSSR count). The number of hydrogen-bond acceptors (Lipinski definition) is 5. The number of aryl methyl sites for hydroxylation is 2. The van der Waals surface area contributed by atoms with E-state index in [0.717, 1.165) is 24.2 Å². The van der Waals surface area contributed by atoms with Gasteiger partial charge in [0.05, 0.1) is 6.42 Å². The number of nitrogens with one attached hydrogen (secondary N) is 1. The van der Waals surface area contributed by atoms with E-state index in [1.54, 1.807) is 12.4 Å². The van der Waals surface area contributed by atoms with Crippen molar-refractivity contribution in [3.63, 3.8) is 0 Å². The molecule has 0 saturated heterocycles. The summed E-state index contributed by atoms with van der Waals surface area (Å²) in [6.45, 7) is 0.253. The molecule has 0 radical (unpaired) electrons. The maximum atomic E-state index is 11.0. The molecule has 0 spiro atoms. The summed E-state index contributed by atoms with van der Waals surface area (Å²) in [5.74, 6) is -1.05. The average Bonchev–Trinajstić information content (AvgIpc) is 2.58. The minimum absolute atomic E-state index is 0.253. The molecule has 0 aliphatic carbocycles. The second kappa shape index (κ2) is 8.73. The van der Waals surface area contributed by atoms with E-state index in [0.29, 0.717) is 0 Å². The van der Waals surface area contributed by atoms with Gasteiger partial charge in [0.1, 0.15) is 11.9 Å². The average molecular weight is 328 g/mol. The highest BCUT2D eigenvalue weighted by Gasteiger charge is 2.19. The van der Waals surface area contributed by atoms with Crippen molar-refractivity contribution in [3.8, 4) is 0 Å². The smallest absolute Gasteiger partial charge is 0.321 e. The lowest BCUT2D eigenvalue weighted by molar-refractivity contribution is -0.141. The van der Waals surface area contributed by atoms with Crippen LogP contribution in [0.1, 0.15) is 23.4 Å². The first kappa shape index (κ1) is 17.6. The van der Waals surface area contributed by atoms with E-state index < -0.39 is 17.9 Å². The highest BCUT2D eigenvalue weighted by atomic mass is 16.4. The number of nitrogens with zero attached hydrogens (tertiary/aromatic N) is 2. The monoisotopic (exact) mass is 328 g/mol. The third-order valence-electron chi connectivity index (χ3n) is 3.49. The molecule has 1 amide bonds. The van der Waals surface area contributed by atoms with Gasteiger partial charge >= 0.3 is 5.97 Å². The number of hydrogen-bond donors (Lipinski definition) is 3. The van der Waals surface area contributed by atoms with Gasteiger partial charge in [-0.3, -0.25) is 14.9 Å². The van der Waals surface area contributed by atoms with Crippen LogP contribution < -0.4 is 11.1 Å². The van der Waals surface area contributed by atoms with Gasteiger partial charge in [0, 0.05) is 30.9 Å². The highest BCUT2D eigenvalue weighted by molar-refractivity contribution is 5.83. The van der Waals surface area contributed by atoms with Crippen LogP contribution in [0.25, 0.3) is 0 Å². The lowest BCUT2D eigenvalue weighted by atomic mass is 10.1. The summed E-state index contributed by atoms with van der Waals surface area (Å²) in [7, 11) is 0. The molecule has 7 heteroatoms. The zero-order valence-corrected chi connectivity index (χ0v) is 13.2. The summed E-state index contributed by atoms with van der Waals surface area (Å²) < 4.78 is 0. The molecule has 1 unspecified atom stereocenters. The summed E-state index contributed by atoms with van der Waals surface area (Å²) in [6.07, 6.45) is 4.65. The van der Waals surface area contributed by atoms with Gasteiger partial charge in [0.25, 0.3) is 0 Å². The van der Waals surface area contributed by atoms with Crippen molar-refractivity contribution in [1.29, 1.82) is 0 Å². The van der Waals surface area contributed by atoms with E-state index in [1.807, 2.05) is 18.2 Å². The topological polar surface area (TPSA) is 118 Å². The Balaban J connectivity index is 1.85. The van der Waals surface area contributed by atoms with Gasteiger partial charge in [0.2, 0.25) is 5.91 Å². The van der Waals surface area contributed by atoms with Gasteiger partial charge in [0.15, 0.2) is 0 Å². The van der Waals surface area contributed by atoms with E-state index in [9.17, 15) is 9.59 Å². The number of carbonyl (C=O) groups excluding carboxylic acids is 1. The fourth-order valence-corrected chi connectivity index (χ4v) is 2.19. The maximum Gasteiger partial charge on any atom is 0.321 e. The maximum absolute atomic E-state index is 11.0. The van der Waals surface area contributed by atoms with E-state index in [-0.39, 0.29) is 13.0 Å². The minimum atomic E-state index is -1.12. The molecule has 0 aliphatic rings. The lowest BCUT2D eigenvalue weighted by Crippen LogP contribution is -2.39. The zero-order chi connectivity index (χ0) is 17.4. The van der Waals surface area contributed by atoms with Gasteiger partial charge in [-0.2, -0.15) is 0 Å². The Hall–Kier alpha value is -2.80. The number of nitrogens with two attached hydrogens (primary N) is 1. The molecule has 0 fully saturated rings. The second-order valence-corrected chi connectivity index (χ2v) is 5.44. The van der Waals surface area contributed by atoms with Crippen LogP contribution in [0.3, 0.4) is 0 Å². The largest absolute Gasteiger partial charge is 0.480 e. The molecule has 24 heavy (non-hydrogen) atoms. The highest BCUT2D eigenvalue weighted by Crippen LogP contribution is 2.04. The van der Waals surface area contributed by atoms with Crippen LogP contribution in [-0.4, -0.2) is 33.0 Å². The van der Waals surface area contributed by atoms with Gasteiger partial charge in [-0.15, -0.1) is 0 Å². The van der Waals surface area contributed by atoms with Crippen LogP contribution in [0.15, 0.2) is 42.7 Å². The van der Waals surface area contributed by atoms with Gasteiger partial charge in [-0.25, -0.2) is 9.97 Å². The van der Waals surface area contributed by atoms with Crippen LogP contribution >= 0.6 is 0 Å². The molecule has 2 aromatic rings. The van der Waals surface area contributed by atoms with Crippen LogP contribution in [0, 0.1) is 0 Å². The number of aromatic nitrogens is 2. The number of benzene rings is 1. The Morgan fingerprint density at radius 1 is 1.08 bits per heavy atom. The van der Waals surface area contributed by atoms with Gasteiger partial charge in [-0.05, 0) is 12.0 Å². The van der Waals surface area contributed by atoms with Crippen molar-refractivity contribution in [1.82, 2.24) is 15.3 Å². The Morgan fingerprint density at radius 3 is 2.33 bits per heavy atom. The molecule has 4 N–H and O–H groups in total. The lowest BCUT2D eigenvalue weighted by Gasteiger charge is -2.12. The molecular formula is C17H20N4O3. The van der Waals surface area contributed by atoms with Crippen molar-refractivity contribution in [2.45, 2.75) is 31.8 Å². The minimum Gasteiger partial charge on any atom is -0.480 e. The first-order valence-electron chi connectivity index (χ1n) is 7.63. The predicted octanol–water partition coefficient (Wildman–Crippen LogP) is 0.680. The van der Waals surface area contributed by atoms with Crippen molar-refractivity contribution in [2.75, 3.05) is 0 Å². The molecule has 1 heterocycles. The molecule has 0 bridgehead atoms. The molecule has 126 valence electrons. The van der Waals surface area contributed by atoms with Crippen LogP contribution in [0.4, 0.5) is 0 Å². The van der Waals surface area contributed by atoms with Crippen molar-refractivity contribution in [3.05, 3.63) is 59.7 Å². The van der Waals surface area contributed by atoms with E-state index in [2.05, 4.69) is 27.4 Å². The fourth-order valence-electron chi connectivity index (χ4n) is 2.19. The van der Waals surface area contributed by atoms with E-state index >= 15 is 0 Å². The summed E-state index contributed by atoms with van der Waals surface area (Å²) in [6, 6.07) is 9.07. The molecule has 1 aromatic heterocycles. The first-order valence-corrected chi connectivity index (χ1v) is 7.63. The summed E-state index contributed by atoms with van der Waals surface area (Å²) >= 11 is 0. The standard InChI is InChI=1S/C17H20N4O3/c18-15(22)8-14(17(23)24)19-9-13-10-20-16(21-11-13)7-6-12-4-2-1-3-5-12/h1-5,10-11,14,19H,6-9H2,(H2,18,22)(H,23,24). The molecule has 1 aromatic carbocycles. The first-order chi connectivity index (χ1) is 11.5. The molecule has 7 nitrogen and oxygen atoms in total. The van der Waals surface area contributed by atoms with Crippen LogP contribution in [0.5, 0.6) is 0 Å². The number of carbonyl (C=O) groups is 2. The predicted molar refractivity (Wildman–Crippen MR) is 88.0 cm³/mol. The quantitative estimate of drug-likeness (QED) is 0.623. The molecular weight excluding hydrogens is 308 g/mol. The van der Waals surface area contributed by atoms with Crippen LogP contribution in [0.2, 0.25) is 0 Å². The Kier molecular flexibility index (Phi) is 6.39. The molecule has 0 aliphatic heterocycles. The Morgan fingerprint density at radius 2 is 1.75 bits per heavy atom. The number of carboxylic acid groups (broad SMARTS) is 1. The van der Waals surface area contributed by atoms with Crippen molar-refractivity contribution >= 4 is 11.9 Å². The molecule has 0 saturated carbocycles. The van der Waals surface area contributed by atoms with Crippen molar-refractivity contribution < 1.29 is 14.7 Å². The number of rotatable bonds is 9. The number of carboxylic acids is 1. The van der Waals surface area contributed by atoms with Gasteiger partial charge in [-0.1, -0.05) is 30.3 Å². The summed E-state index contributed by atoms with van der Waals surface area (Å²) in [5, 5.41) is 11.8. The van der Waals surface area contributed by atoms with Crippen LogP contribution in [-0.2, 0) is 29.0 Å². The third kappa shape index (κ3) is 5.77. The normalized spacial score (nSPS) is 11.8. The number of primary amides is 1. The van der Waals surface area contributed by atoms with Gasteiger partial charge < -0.3 is 10.8 Å². The molecule has 1 atom stereocenters. The number of aliphatic carboxylic acids is 1. The summed E-state index contributed by atoms with van der Waals surface area (Å²) in [5.41, 5.74) is 7.00. The van der Waals surface area contributed by atoms with E-state index in [4.69, 9.17) is 10.8 Å². The number of amides is 1. The van der Waals surface area contributed by atoms with Crippen molar-refractivity contribution in [2.24, 2.45) is 5.73 Å². The zero-order valence-electron chi connectivity index (χ0n) is 13.2. The Labute approximate surface area is 139 Å². The Bertz CT molecular complexity index is 674. The fraction of sp³-hybridized carbons (Fsp3) is 0.294. The SMILES string of the molecule is NC(=O)CC(NCc1cnc(CCc2ccccc2)nc1)C(=O)O. The second-order valence-electron chi connectivity index (χ2n) is 5.44. The summed E-state index contributed by atoms with van der Waals surface area (Å²) in [4.78, 5) is 30.5.